The van der Waals surface area contributed by atoms with Gasteiger partial charge in [-0.05, 0) is 56.8 Å². The van der Waals surface area contributed by atoms with E-state index in [1.807, 2.05) is 0 Å². The highest BCUT2D eigenvalue weighted by Gasteiger charge is 2.22. The second-order valence-corrected chi connectivity index (χ2v) is 17.7. The summed E-state index contributed by atoms with van der Waals surface area (Å²) in [4.78, 5) is 0. The summed E-state index contributed by atoms with van der Waals surface area (Å²) in [6.07, 6.45) is 60.6. The number of allylic oxidation sites excluding steroid dienone is 3. The van der Waals surface area contributed by atoms with Crippen molar-refractivity contribution in [3.05, 3.63) is 36.8 Å². The highest BCUT2D eigenvalue weighted by atomic mass is 32.2. The van der Waals surface area contributed by atoms with Crippen LogP contribution < -0.4 is 0 Å². The van der Waals surface area contributed by atoms with Gasteiger partial charge in [0, 0.05) is 0 Å². The van der Waals surface area contributed by atoms with E-state index in [1.165, 1.54) is 212 Å². The first-order valence-corrected chi connectivity index (χ1v) is 24.9. The molecule has 308 valence electrons. The molecule has 0 rings (SSSR count). The molecule has 0 amide bonds. The van der Waals surface area contributed by atoms with Gasteiger partial charge in [-0.15, -0.1) is 0 Å². The quantitative estimate of drug-likeness (QED) is 0.0384. The van der Waals surface area contributed by atoms with Gasteiger partial charge in [-0.25, -0.2) is 4.48 Å². The van der Waals surface area contributed by atoms with Crippen LogP contribution in [0.5, 0.6) is 0 Å². The van der Waals surface area contributed by atoms with Crippen molar-refractivity contribution in [1.29, 1.82) is 0 Å². The third-order valence-electron chi connectivity index (χ3n) is 10.8. The molecule has 0 aliphatic carbocycles. The summed E-state index contributed by atoms with van der Waals surface area (Å²) in [6, 6.07) is 0. The minimum absolute atomic E-state index is 0.235. The molecule has 0 aromatic heterocycles. The Morgan fingerprint density at radius 1 is 0.365 bits per heavy atom. The SMILES string of the molecule is CCCCCCCCCCCCC/C=C/[N+](/C=C/CCCCCCCCCCCCC)(/C=C/CCCCCCCCCCCCC)CCS(=O)(=O)O. The molecule has 0 heterocycles. The molecule has 5 heteroatoms. The summed E-state index contributed by atoms with van der Waals surface area (Å²) in [6.45, 7) is 7.17. The average Bonchev–Trinajstić information content (AvgIpc) is 3.12. The second-order valence-electron chi connectivity index (χ2n) is 16.1. The topological polar surface area (TPSA) is 54.4 Å². The van der Waals surface area contributed by atoms with Gasteiger partial charge in [0.15, 0.2) is 0 Å². The van der Waals surface area contributed by atoms with Crippen molar-refractivity contribution >= 4 is 10.1 Å². The third kappa shape index (κ3) is 38.8. The monoisotopic (exact) mass is 751 g/mol. The molecule has 52 heavy (non-hydrogen) atoms. The highest BCUT2D eigenvalue weighted by molar-refractivity contribution is 7.85. The van der Waals surface area contributed by atoms with Gasteiger partial charge in [-0.3, -0.25) is 4.55 Å². The van der Waals surface area contributed by atoms with E-state index in [0.717, 1.165) is 19.3 Å². The number of nitrogens with zero attached hydrogens (tertiary/aromatic N) is 1. The van der Waals surface area contributed by atoms with Gasteiger partial charge in [0.2, 0.25) is 0 Å². The predicted molar refractivity (Wildman–Crippen MR) is 232 cm³/mol. The Balaban J connectivity index is 4.95. The van der Waals surface area contributed by atoms with Gasteiger partial charge >= 0.3 is 0 Å². The smallest absolute Gasteiger partial charge is 0.270 e. The third-order valence-corrected chi connectivity index (χ3v) is 11.5. The molecule has 0 aromatic carbocycles. The van der Waals surface area contributed by atoms with Crippen molar-refractivity contribution in [2.24, 2.45) is 0 Å². The fraction of sp³-hybridized carbons (Fsp3) is 0.872. The number of quaternary nitrogens is 1. The maximum absolute atomic E-state index is 11.9. The minimum Gasteiger partial charge on any atom is -0.285 e. The fourth-order valence-electron chi connectivity index (χ4n) is 7.24. The van der Waals surface area contributed by atoms with Crippen molar-refractivity contribution in [3.8, 4) is 0 Å². The van der Waals surface area contributed by atoms with E-state index >= 15 is 0 Å². The molecule has 0 spiro atoms. The summed E-state index contributed by atoms with van der Waals surface area (Å²) in [5.41, 5.74) is 0. The van der Waals surface area contributed by atoms with Gasteiger partial charge < -0.3 is 0 Å². The van der Waals surface area contributed by atoms with Gasteiger partial charge in [0.1, 0.15) is 30.9 Å². The average molecular weight is 751 g/mol. The number of hydrogen-bond donors (Lipinski definition) is 1. The number of unbranched alkanes of at least 4 members (excludes halogenated alkanes) is 33. The van der Waals surface area contributed by atoms with Gasteiger partial charge in [-0.2, -0.15) is 8.42 Å². The lowest BCUT2D eigenvalue weighted by atomic mass is 10.1. The molecule has 0 fully saturated rings. The molecule has 0 bridgehead atoms. The Kier molecular flexibility index (Phi) is 39.1. The lowest BCUT2D eigenvalue weighted by molar-refractivity contribution is -0.770. The summed E-state index contributed by atoms with van der Waals surface area (Å²) < 4.78 is 33.9. The van der Waals surface area contributed by atoms with Crippen LogP contribution in [-0.4, -0.2) is 29.8 Å². The number of hydrogen-bond acceptors (Lipinski definition) is 2. The van der Waals surface area contributed by atoms with Crippen LogP contribution in [0.2, 0.25) is 0 Å². The first-order valence-electron chi connectivity index (χ1n) is 23.2. The molecule has 0 unspecified atom stereocenters. The summed E-state index contributed by atoms with van der Waals surface area (Å²) in [5, 5.41) is 0. The second kappa shape index (κ2) is 39.8. The zero-order valence-corrected chi connectivity index (χ0v) is 36.3. The molecule has 0 saturated heterocycles. The van der Waals surface area contributed by atoms with Crippen LogP contribution in [0.4, 0.5) is 0 Å². The van der Waals surface area contributed by atoms with Gasteiger partial charge in [0.05, 0.1) is 0 Å². The van der Waals surface area contributed by atoms with Crippen molar-refractivity contribution in [1.82, 2.24) is 0 Å². The first-order chi connectivity index (χ1) is 25.4. The maximum Gasteiger partial charge on any atom is 0.270 e. The molecule has 0 aromatic rings. The summed E-state index contributed by atoms with van der Waals surface area (Å²) in [7, 11) is -4.05. The molecular weight excluding hydrogens is 659 g/mol. The van der Waals surface area contributed by atoms with E-state index in [9.17, 15) is 13.0 Å². The zero-order chi connectivity index (χ0) is 38.1. The van der Waals surface area contributed by atoms with E-state index in [0.29, 0.717) is 11.0 Å². The van der Waals surface area contributed by atoms with Crippen molar-refractivity contribution in [2.75, 3.05) is 12.3 Å². The largest absolute Gasteiger partial charge is 0.285 e. The first kappa shape index (κ1) is 51.1. The van der Waals surface area contributed by atoms with Crippen LogP contribution >= 0.6 is 0 Å². The minimum atomic E-state index is -4.05. The van der Waals surface area contributed by atoms with E-state index in [2.05, 4.69) is 57.6 Å². The Labute approximate surface area is 327 Å². The van der Waals surface area contributed by atoms with Crippen LogP contribution in [0.25, 0.3) is 0 Å². The molecular formula is C47H92NO3S+. The van der Waals surface area contributed by atoms with Crippen LogP contribution in [0.3, 0.4) is 0 Å². The molecule has 0 aliphatic heterocycles. The Bertz CT molecular complexity index is 821. The van der Waals surface area contributed by atoms with Crippen LogP contribution in [0, 0.1) is 0 Å². The Morgan fingerprint density at radius 2 is 0.577 bits per heavy atom. The van der Waals surface area contributed by atoms with Crippen LogP contribution in [0.15, 0.2) is 36.8 Å². The summed E-state index contributed by atoms with van der Waals surface area (Å²) in [5.74, 6) is -0.235. The van der Waals surface area contributed by atoms with E-state index < -0.39 is 10.1 Å². The predicted octanol–water partition coefficient (Wildman–Crippen LogP) is 16.3. The van der Waals surface area contributed by atoms with E-state index in [4.69, 9.17) is 0 Å². The van der Waals surface area contributed by atoms with Crippen LogP contribution in [0.1, 0.15) is 252 Å². The Hall–Kier alpha value is -0.910. The summed E-state index contributed by atoms with van der Waals surface area (Å²) >= 11 is 0. The van der Waals surface area contributed by atoms with Crippen molar-refractivity contribution < 1.29 is 17.5 Å². The van der Waals surface area contributed by atoms with Crippen molar-refractivity contribution in [3.63, 3.8) is 0 Å². The zero-order valence-electron chi connectivity index (χ0n) is 35.5. The van der Waals surface area contributed by atoms with Crippen molar-refractivity contribution in [2.45, 2.75) is 252 Å². The molecule has 0 radical (unpaired) electrons. The number of rotatable bonds is 42. The lowest BCUT2D eigenvalue weighted by Gasteiger charge is -2.26. The maximum atomic E-state index is 11.9. The van der Waals surface area contributed by atoms with Crippen LogP contribution in [-0.2, 0) is 10.1 Å². The molecule has 0 atom stereocenters. The van der Waals surface area contributed by atoms with Gasteiger partial charge in [0.25, 0.3) is 10.1 Å². The molecule has 0 aliphatic rings. The standard InChI is InChI=1S/C47H91NO3S/c1-4-7-10-13-16-19-22-25-28-31-34-37-40-43-48(46-47-52(49,50)51,44-41-38-35-32-29-26-23-20-17-14-11-8-5-2)45-42-39-36-33-30-27-24-21-18-15-12-9-6-3/h40-45H,4-39,46-47H2,1-3H3/p+1/b43-40+,44-41+,45-42+. The molecule has 4 nitrogen and oxygen atoms in total. The van der Waals surface area contributed by atoms with Gasteiger partial charge in [-0.1, -0.05) is 213 Å². The lowest BCUT2D eigenvalue weighted by Crippen LogP contribution is -2.35. The highest BCUT2D eigenvalue weighted by Crippen LogP contribution is 2.19. The van der Waals surface area contributed by atoms with E-state index in [-0.39, 0.29) is 5.75 Å². The Morgan fingerprint density at radius 3 is 0.788 bits per heavy atom. The molecule has 1 N–H and O–H groups in total. The fourth-order valence-corrected chi connectivity index (χ4v) is 7.78. The molecule has 0 saturated carbocycles. The normalized spacial score (nSPS) is 12.8. The van der Waals surface area contributed by atoms with E-state index in [1.54, 1.807) is 0 Å².